The molecule has 0 aliphatic heterocycles. The van der Waals surface area contributed by atoms with Gasteiger partial charge in [0.05, 0.1) is 0 Å². The molecule has 0 aliphatic rings. The number of carbonyl (C=O) groups is 2. The van der Waals surface area contributed by atoms with E-state index in [2.05, 4.69) is 5.32 Å². The van der Waals surface area contributed by atoms with Gasteiger partial charge in [0.15, 0.2) is 6.61 Å². The third kappa shape index (κ3) is 5.08. The molecule has 6 heteroatoms. The number of ether oxygens (including phenoxy) is 1. The summed E-state index contributed by atoms with van der Waals surface area (Å²) in [7, 11) is 0. The first-order chi connectivity index (χ1) is 11.0. The molecule has 2 aromatic rings. The van der Waals surface area contributed by atoms with E-state index in [0.717, 1.165) is 16.9 Å². The quantitative estimate of drug-likeness (QED) is 0.796. The van der Waals surface area contributed by atoms with E-state index in [1.807, 2.05) is 32.0 Å². The topological polar surface area (TPSA) is 55.4 Å². The number of hydrogen-bond acceptors (Lipinski definition) is 4. The predicted molar refractivity (Wildman–Crippen MR) is 92.9 cm³/mol. The van der Waals surface area contributed by atoms with Gasteiger partial charge in [-0.3, -0.25) is 4.79 Å². The first kappa shape index (κ1) is 17.5. The number of rotatable bonds is 6. The molecule has 1 atom stereocenters. The second-order valence-electron chi connectivity index (χ2n) is 5.12. The van der Waals surface area contributed by atoms with E-state index >= 15 is 0 Å². The summed E-state index contributed by atoms with van der Waals surface area (Å²) in [5.41, 5.74) is 0.980. The molecular formula is C17H18ClNO3S. The lowest BCUT2D eigenvalue weighted by molar-refractivity contribution is -0.124. The molecule has 0 saturated heterocycles. The van der Waals surface area contributed by atoms with Gasteiger partial charge in [0.1, 0.15) is 4.88 Å². The molecule has 0 saturated carbocycles. The van der Waals surface area contributed by atoms with Crippen molar-refractivity contribution in [1.82, 2.24) is 5.32 Å². The molecule has 0 spiro atoms. The molecule has 1 aromatic carbocycles. The summed E-state index contributed by atoms with van der Waals surface area (Å²) in [4.78, 5) is 25.0. The van der Waals surface area contributed by atoms with Crippen LogP contribution in [0.25, 0.3) is 10.4 Å². The Hall–Kier alpha value is -1.85. The molecule has 1 heterocycles. The van der Waals surface area contributed by atoms with Gasteiger partial charge in [-0.05, 0) is 43.2 Å². The standard InChI is InChI=1S/C17H18ClNO3S/c1-3-11(2)19-16(20)10-22-17(21)15-9-8-14(23-15)12-4-6-13(18)7-5-12/h4-9,11H,3,10H2,1-2H3,(H,19,20)/t11-/m0/s1. The number of nitrogens with one attached hydrogen (secondary N) is 1. The van der Waals surface area contributed by atoms with E-state index in [1.54, 1.807) is 18.2 Å². The average molecular weight is 352 g/mol. The van der Waals surface area contributed by atoms with Gasteiger partial charge in [-0.1, -0.05) is 30.7 Å². The number of amides is 1. The lowest BCUT2D eigenvalue weighted by Crippen LogP contribution is -2.35. The first-order valence-corrected chi connectivity index (χ1v) is 8.51. The van der Waals surface area contributed by atoms with Gasteiger partial charge >= 0.3 is 5.97 Å². The summed E-state index contributed by atoms with van der Waals surface area (Å²) in [6.45, 7) is 3.61. The van der Waals surface area contributed by atoms with Crippen LogP contribution in [0.4, 0.5) is 0 Å². The molecule has 0 unspecified atom stereocenters. The molecule has 1 amide bonds. The van der Waals surface area contributed by atoms with Crippen molar-refractivity contribution in [3.63, 3.8) is 0 Å². The molecule has 4 nitrogen and oxygen atoms in total. The van der Waals surface area contributed by atoms with Crippen LogP contribution in [0.15, 0.2) is 36.4 Å². The van der Waals surface area contributed by atoms with E-state index in [9.17, 15) is 9.59 Å². The van der Waals surface area contributed by atoms with E-state index < -0.39 is 5.97 Å². The van der Waals surface area contributed by atoms with Gasteiger partial charge in [-0.25, -0.2) is 4.79 Å². The Morgan fingerprint density at radius 1 is 1.22 bits per heavy atom. The molecule has 1 N–H and O–H groups in total. The van der Waals surface area contributed by atoms with Crippen molar-refractivity contribution in [1.29, 1.82) is 0 Å². The summed E-state index contributed by atoms with van der Waals surface area (Å²) in [6, 6.07) is 11.0. The van der Waals surface area contributed by atoms with Gasteiger partial charge in [0.2, 0.25) is 0 Å². The fourth-order valence-electron chi connectivity index (χ4n) is 1.84. The maximum Gasteiger partial charge on any atom is 0.348 e. The van der Waals surface area contributed by atoms with Crippen molar-refractivity contribution in [2.75, 3.05) is 6.61 Å². The van der Waals surface area contributed by atoms with Crippen LogP contribution in [-0.4, -0.2) is 24.5 Å². The van der Waals surface area contributed by atoms with Gasteiger partial charge < -0.3 is 10.1 Å². The number of hydrogen-bond donors (Lipinski definition) is 1. The van der Waals surface area contributed by atoms with Crippen LogP contribution in [0.2, 0.25) is 5.02 Å². The Morgan fingerprint density at radius 3 is 2.57 bits per heavy atom. The molecular weight excluding hydrogens is 334 g/mol. The maximum atomic E-state index is 12.0. The highest BCUT2D eigenvalue weighted by Gasteiger charge is 2.14. The van der Waals surface area contributed by atoms with Crippen LogP contribution in [0.5, 0.6) is 0 Å². The summed E-state index contributed by atoms with van der Waals surface area (Å²) in [5, 5.41) is 3.41. The molecule has 23 heavy (non-hydrogen) atoms. The Labute approximate surface area is 144 Å². The zero-order chi connectivity index (χ0) is 16.8. The SMILES string of the molecule is CC[C@H](C)NC(=O)COC(=O)c1ccc(-c2ccc(Cl)cc2)s1. The highest BCUT2D eigenvalue weighted by atomic mass is 35.5. The highest BCUT2D eigenvalue weighted by Crippen LogP contribution is 2.29. The van der Waals surface area contributed by atoms with Gasteiger partial charge in [-0.15, -0.1) is 11.3 Å². The molecule has 2 rings (SSSR count). The van der Waals surface area contributed by atoms with Gasteiger partial charge in [0.25, 0.3) is 5.91 Å². The van der Waals surface area contributed by atoms with Crippen molar-refractivity contribution in [3.8, 4) is 10.4 Å². The predicted octanol–water partition coefficient (Wildman–Crippen LogP) is 4.14. The number of thiophene rings is 1. The maximum absolute atomic E-state index is 12.0. The lowest BCUT2D eigenvalue weighted by atomic mass is 10.2. The third-order valence-electron chi connectivity index (χ3n) is 3.29. The Bertz CT molecular complexity index is 681. The Balaban J connectivity index is 1.93. The third-order valence-corrected chi connectivity index (χ3v) is 4.66. The largest absolute Gasteiger partial charge is 0.451 e. The van der Waals surface area contributed by atoms with Crippen LogP contribution < -0.4 is 5.32 Å². The van der Waals surface area contributed by atoms with E-state index in [0.29, 0.717) is 9.90 Å². The van der Waals surface area contributed by atoms with Gasteiger partial charge in [-0.2, -0.15) is 0 Å². The molecule has 0 aliphatic carbocycles. The van der Waals surface area contributed by atoms with Crippen LogP contribution in [0.3, 0.4) is 0 Å². The average Bonchev–Trinajstić information content (AvgIpc) is 3.03. The van der Waals surface area contributed by atoms with Crippen molar-refractivity contribution in [2.45, 2.75) is 26.3 Å². The zero-order valence-corrected chi connectivity index (χ0v) is 14.5. The van der Waals surface area contributed by atoms with Crippen LogP contribution in [-0.2, 0) is 9.53 Å². The van der Waals surface area contributed by atoms with Crippen LogP contribution in [0, 0.1) is 0 Å². The minimum Gasteiger partial charge on any atom is -0.451 e. The smallest absolute Gasteiger partial charge is 0.348 e. The van der Waals surface area contributed by atoms with Crippen LogP contribution >= 0.6 is 22.9 Å². The number of esters is 1. The number of halogens is 1. The van der Waals surface area contributed by atoms with Crippen molar-refractivity contribution in [2.24, 2.45) is 0 Å². The fourth-order valence-corrected chi connectivity index (χ4v) is 2.87. The summed E-state index contributed by atoms with van der Waals surface area (Å²) in [5.74, 6) is -0.781. The van der Waals surface area contributed by atoms with E-state index in [4.69, 9.17) is 16.3 Å². The van der Waals surface area contributed by atoms with Crippen molar-refractivity contribution >= 4 is 34.8 Å². The van der Waals surface area contributed by atoms with Crippen LogP contribution in [0.1, 0.15) is 29.9 Å². The van der Waals surface area contributed by atoms with Crippen molar-refractivity contribution in [3.05, 3.63) is 46.3 Å². The zero-order valence-electron chi connectivity index (χ0n) is 13.0. The summed E-state index contributed by atoms with van der Waals surface area (Å²) < 4.78 is 5.04. The first-order valence-electron chi connectivity index (χ1n) is 7.32. The van der Waals surface area contributed by atoms with E-state index in [-0.39, 0.29) is 18.6 Å². The van der Waals surface area contributed by atoms with Crippen molar-refractivity contribution < 1.29 is 14.3 Å². The normalized spacial score (nSPS) is 11.8. The molecule has 122 valence electrons. The molecule has 0 bridgehead atoms. The molecule has 0 fully saturated rings. The minimum atomic E-state index is -0.491. The highest BCUT2D eigenvalue weighted by molar-refractivity contribution is 7.17. The second-order valence-corrected chi connectivity index (χ2v) is 6.64. The monoisotopic (exact) mass is 351 g/mol. The minimum absolute atomic E-state index is 0.0689. The summed E-state index contributed by atoms with van der Waals surface area (Å²) >= 11 is 7.18. The fraction of sp³-hybridized carbons (Fsp3) is 0.294. The Kier molecular flexibility index (Phi) is 6.19. The summed E-state index contributed by atoms with van der Waals surface area (Å²) in [6.07, 6.45) is 0.828. The Morgan fingerprint density at radius 2 is 1.91 bits per heavy atom. The second kappa shape index (κ2) is 8.13. The molecule has 0 radical (unpaired) electrons. The number of carbonyl (C=O) groups excluding carboxylic acids is 2. The number of benzene rings is 1. The lowest BCUT2D eigenvalue weighted by Gasteiger charge is -2.11. The molecule has 1 aromatic heterocycles. The van der Waals surface area contributed by atoms with E-state index in [1.165, 1.54) is 11.3 Å². The van der Waals surface area contributed by atoms with Gasteiger partial charge in [0, 0.05) is 15.9 Å².